The van der Waals surface area contributed by atoms with E-state index in [0.717, 1.165) is 12.8 Å². The first-order valence-electron chi connectivity index (χ1n) is 7.53. The fourth-order valence-corrected chi connectivity index (χ4v) is 2.23. The van der Waals surface area contributed by atoms with Crippen molar-refractivity contribution >= 4 is 23.2 Å². The minimum atomic E-state index is -0.269. The molecule has 0 radical (unpaired) electrons. The van der Waals surface area contributed by atoms with Gasteiger partial charge in [0.1, 0.15) is 5.75 Å². The van der Waals surface area contributed by atoms with Crippen LogP contribution in [0.3, 0.4) is 0 Å². The summed E-state index contributed by atoms with van der Waals surface area (Å²) in [5.74, 6) is 0.388. The number of carbonyl (C=O) groups excluding carboxylic acids is 1. The lowest BCUT2D eigenvalue weighted by Crippen LogP contribution is -2.41. The van der Waals surface area contributed by atoms with Crippen molar-refractivity contribution in [3.05, 3.63) is 66.2 Å². The average Bonchev–Trinajstić information content (AvgIpc) is 2.59. The van der Waals surface area contributed by atoms with E-state index in [0.29, 0.717) is 17.4 Å². The number of rotatable bonds is 7. The third-order valence-electron chi connectivity index (χ3n) is 3.14. The molecule has 0 aliphatic carbocycles. The Labute approximate surface area is 141 Å². The van der Waals surface area contributed by atoms with Crippen LogP contribution in [0.2, 0.25) is 0 Å². The molecule has 120 valence electrons. The molecular formula is C18H20N2O2S. The number of carbonyl (C=O) groups is 1. The molecule has 4 nitrogen and oxygen atoms in total. The van der Waals surface area contributed by atoms with Gasteiger partial charge in [0.15, 0.2) is 11.7 Å². The van der Waals surface area contributed by atoms with Crippen LogP contribution in [0.15, 0.2) is 60.7 Å². The zero-order valence-electron chi connectivity index (χ0n) is 12.8. The van der Waals surface area contributed by atoms with Crippen LogP contribution < -0.4 is 15.4 Å². The molecule has 0 saturated carbocycles. The molecule has 23 heavy (non-hydrogen) atoms. The molecule has 2 rings (SSSR count). The smallest absolute Gasteiger partial charge is 0.264 e. The fraction of sp³-hybridized carbons (Fsp3) is 0.222. The van der Waals surface area contributed by atoms with Gasteiger partial charge in [0.25, 0.3) is 5.91 Å². The van der Waals surface area contributed by atoms with Gasteiger partial charge in [-0.25, -0.2) is 0 Å². The third kappa shape index (κ3) is 6.93. The van der Waals surface area contributed by atoms with Crippen molar-refractivity contribution in [2.75, 3.05) is 13.2 Å². The molecule has 0 bridgehead atoms. The standard InChI is InChI=1S/C18H20N2O2S/c21-17(14-22-16-11-5-2-6-12-16)20-18(23)19-13-7-10-15-8-3-1-4-9-15/h1-6,8-9,11-12H,7,10,13-14H2,(H2,19,20,21,23). The largest absolute Gasteiger partial charge is 0.484 e. The molecule has 0 atom stereocenters. The summed E-state index contributed by atoms with van der Waals surface area (Å²) in [7, 11) is 0. The highest BCUT2D eigenvalue weighted by molar-refractivity contribution is 7.80. The molecule has 0 fully saturated rings. The van der Waals surface area contributed by atoms with Crippen molar-refractivity contribution in [2.24, 2.45) is 0 Å². The summed E-state index contributed by atoms with van der Waals surface area (Å²) in [6.45, 7) is 0.656. The number of benzene rings is 2. The second-order valence-electron chi connectivity index (χ2n) is 4.99. The van der Waals surface area contributed by atoms with Crippen LogP contribution in [0.1, 0.15) is 12.0 Å². The van der Waals surface area contributed by atoms with Crippen molar-refractivity contribution in [1.82, 2.24) is 10.6 Å². The minimum absolute atomic E-state index is 0.0597. The molecule has 0 aliphatic heterocycles. The summed E-state index contributed by atoms with van der Waals surface area (Å²) in [5, 5.41) is 5.96. The molecule has 2 aromatic carbocycles. The highest BCUT2D eigenvalue weighted by atomic mass is 32.1. The number of hydrogen-bond donors (Lipinski definition) is 2. The fourth-order valence-electron chi connectivity index (χ4n) is 2.01. The van der Waals surface area contributed by atoms with Gasteiger partial charge in [-0.1, -0.05) is 48.5 Å². The monoisotopic (exact) mass is 328 g/mol. The summed E-state index contributed by atoms with van der Waals surface area (Å²) in [6, 6.07) is 19.5. The van der Waals surface area contributed by atoms with Gasteiger partial charge in [0.2, 0.25) is 0 Å². The second kappa shape index (κ2) is 9.58. The van der Waals surface area contributed by atoms with E-state index in [9.17, 15) is 4.79 Å². The van der Waals surface area contributed by atoms with Gasteiger partial charge >= 0.3 is 0 Å². The second-order valence-corrected chi connectivity index (χ2v) is 5.40. The van der Waals surface area contributed by atoms with E-state index < -0.39 is 0 Å². The molecule has 5 heteroatoms. The zero-order valence-corrected chi connectivity index (χ0v) is 13.6. The summed E-state index contributed by atoms with van der Waals surface area (Å²) in [6.07, 6.45) is 1.92. The number of nitrogens with one attached hydrogen (secondary N) is 2. The summed E-state index contributed by atoms with van der Waals surface area (Å²) in [4.78, 5) is 11.7. The lowest BCUT2D eigenvalue weighted by atomic mass is 10.1. The predicted molar refractivity (Wildman–Crippen MR) is 95.4 cm³/mol. The topological polar surface area (TPSA) is 50.4 Å². The normalized spacial score (nSPS) is 9.91. The van der Waals surface area contributed by atoms with E-state index in [1.807, 2.05) is 36.4 Å². The summed E-state index contributed by atoms with van der Waals surface area (Å²) >= 11 is 5.09. The maximum absolute atomic E-state index is 11.7. The van der Waals surface area contributed by atoms with E-state index >= 15 is 0 Å². The number of para-hydroxylation sites is 1. The molecule has 0 aromatic heterocycles. The average molecular weight is 328 g/mol. The van der Waals surface area contributed by atoms with E-state index in [4.69, 9.17) is 17.0 Å². The van der Waals surface area contributed by atoms with Gasteiger partial charge in [-0.05, 0) is 42.8 Å². The maximum Gasteiger partial charge on any atom is 0.264 e. The van der Waals surface area contributed by atoms with Gasteiger partial charge in [0.05, 0.1) is 0 Å². The van der Waals surface area contributed by atoms with E-state index in [1.165, 1.54) is 5.56 Å². The Morgan fingerprint density at radius 1 is 1.00 bits per heavy atom. The van der Waals surface area contributed by atoms with Gasteiger partial charge in [-0.3, -0.25) is 4.79 Å². The number of thiocarbonyl (C=S) groups is 1. The van der Waals surface area contributed by atoms with Crippen LogP contribution in [-0.2, 0) is 11.2 Å². The van der Waals surface area contributed by atoms with Crippen molar-refractivity contribution in [3.8, 4) is 5.75 Å². The van der Waals surface area contributed by atoms with Crippen LogP contribution in [0.4, 0.5) is 0 Å². The lowest BCUT2D eigenvalue weighted by molar-refractivity contribution is -0.121. The molecule has 2 N–H and O–H groups in total. The third-order valence-corrected chi connectivity index (χ3v) is 3.38. The van der Waals surface area contributed by atoms with Crippen LogP contribution >= 0.6 is 12.2 Å². The van der Waals surface area contributed by atoms with Gasteiger partial charge in [0, 0.05) is 6.54 Å². The highest BCUT2D eigenvalue weighted by Gasteiger charge is 2.05. The first-order chi connectivity index (χ1) is 11.2. The Balaban J connectivity index is 1.58. The Bertz CT molecular complexity index is 617. The quantitative estimate of drug-likeness (QED) is 0.606. The highest BCUT2D eigenvalue weighted by Crippen LogP contribution is 2.07. The lowest BCUT2D eigenvalue weighted by Gasteiger charge is -2.10. The van der Waals surface area contributed by atoms with Crippen LogP contribution in [-0.4, -0.2) is 24.2 Å². The molecule has 2 aromatic rings. The first kappa shape index (κ1) is 17.0. The van der Waals surface area contributed by atoms with Crippen LogP contribution in [0.25, 0.3) is 0 Å². The zero-order chi connectivity index (χ0) is 16.3. The maximum atomic E-state index is 11.7. The van der Waals surface area contributed by atoms with Crippen molar-refractivity contribution in [1.29, 1.82) is 0 Å². The summed E-state index contributed by atoms with van der Waals surface area (Å²) in [5.41, 5.74) is 1.29. The first-order valence-corrected chi connectivity index (χ1v) is 7.94. The molecule has 1 amide bonds. The Hall–Kier alpha value is -2.40. The van der Waals surface area contributed by atoms with E-state index in [1.54, 1.807) is 12.1 Å². The van der Waals surface area contributed by atoms with Gasteiger partial charge in [-0.15, -0.1) is 0 Å². The summed E-state index contributed by atoms with van der Waals surface area (Å²) < 4.78 is 5.35. The molecule has 0 unspecified atom stereocenters. The molecular weight excluding hydrogens is 308 g/mol. The number of ether oxygens (including phenoxy) is 1. The van der Waals surface area contributed by atoms with Crippen LogP contribution in [0.5, 0.6) is 5.75 Å². The predicted octanol–water partition coefficient (Wildman–Crippen LogP) is 2.69. The molecule has 0 aliphatic rings. The number of amides is 1. The molecule has 0 saturated heterocycles. The van der Waals surface area contributed by atoms with Crippen molar-refractivity contribution in [2.45, 2.75) is 12.8 Å². The Morgan fingerprint density at radius 3 is 2.35 bits per heavy atom. The van der Waals surface area contributed by atoms with Crippen molar-refractivity contribution in [3.63, 3.8) is 0 Å². The van der Waals surface area contributed by atoms with Gasteiger partial charge < -0.3 is 15.4 Å². The van der Waals surface area contributed by atoms with Gasteiger partial charge in [-0.2, -0.15) is 0 Å². The molecule has 0 heterocycles. The minimum Gasteiger partial charge on any atom is -0.484 e. The molecule has 0 spiro atoms. The number of hydrogen-bond acceptors (Lipinski definition) is 3. The SMILES string of the molecule is O=C(COc1ccccc1)NC(=S)NCCCc1ccccc1. The van der Waals surface area contributed by atoms with Crippen LogP contribution in [0, 0.1) is 0 Å². The Kier molecular flexibility index (Phi) is 7.07. The van der Waals surface area contributed by atoms with Crippen molar-refractivity contribution < 1.29 is 9.53 Å². The van der Waals surface area contributed by atoms with E-state index in [-0.39, 0.29) is 12.5 Å². The Morgan fingerprint density at radius 2 is 1.65 bits per heavy atom. The number of aryl methyl sites for hydroxylation is 1. The van der Waals surface area contributed by atoms with E-state index in [2.05, 4.69) is 22.8 Å².